The van der Waals surface area contributed by atoms with E-state index in [2.05, 4.69) is 37.3 Å². The molecule has 168 valence electrons. The number of carbonyl (C=O) groups is 3. The van der Waals surface area contributed by atoms with Gasteiger partial charge in [-0.25, -0.2) is 9.80 Å². The molecule has 0 spiro atoms. The molecule has 1 heterocycles. The van der Waals surface area contributed by atoms with Crippen LogP contribution in [0.1, 0.15) is 19.4 Å². The van der Waals surface area contributed by atoms with Gasteiger partial charge in [-0.3, -0.25) is 15.0 Å². The molecule has 0 atom stereocenters. The van der Waals surface area contributed by atoms with Gasteiger partial charge in [0.15, 0.2) is 18.1 Å². The number of hydrazine groups is 1. The van der Waals surface area contributed by atoms with Crippen LogP contribution in [0.25, 0.3) is 6.08 Å². The number of ether oxygens (including phenoxy) is 3. The standard InChI is InChI=1S/C22H20Br2N2O6/c1-3-30-16-11-13(18(23)19(24)20(16)32-12-17(27)31-4-2)10-15-21(28)25-26(22(15)29)14-8-6-5-7-9-14/h5-11H,3-4,12H2,1-2H3,(H,25,28)/b15-10-. The van der Waals surface area contributed by atoms with Gasteiger partial charge in [0.25, 0.3) is 11.8 Å². The van der Waals surface area contributed by atoms with E-state index < -0.39 is 17.8 Å². The van der Waals surface area contributed by atoms with E-state index in [1.54, 1.807) is 44.2 Å². The first-order valence-electron chi connectivity index (χ1n) is 9.72. The Balaban J connectivity index is 1.95. The van der Waals surface area contributed by atoms with Crippen LogP contribution in [0.15, 0.2) is 50.9 Å². The number of esters is 1. The van der Waals surface area contributed by atoms with E-state index in [1.807, 2.05) is 6.07 Å². The molecule has 0 unspecified atom stereocenters. The Morgan fingerprint density at radius 2 is 1.78 bits per heavy atom. The van der Waals surface area contributed by atoms with Gasteiger partial charge in [-0.05, 0) is 75.5 Å². The van der Waals surface area contributed by atoms with Crippen molar-refractivity contribution in [2.24, 2.45) is 0 Å². The van der Waals surface area contributed by atoms with Crippen LogP contribution in [0, 0.1) is 0 Å². The van der Waals surface area contributed by atoms with Crippen LogP contribution < -0.4 is 19.9 Å². The lowest BCUT2D eigenvalue weighted by molar-refractivity contribution is -0.145. The van der Waals surface area contributed by atoms with Crippen molar-refractivity contribution in [1.82, 2.24) is 5.43 Å². The lowest BCUT2D eigenvalue weighted by Crippen LogP contribution is -2.35. The number of hydrogen-bond donors (Lipinski definition) is 1. The van der Waals surface area contributed by atoms with Crippen molar-refractivity contribution in [1.29, 1.82) is 0 Å². The third kappa shape index (κ3) is 5.13. The number of rotatable bonds is 8. The van der Waals surface area contributed by atoms with Crippen molar-refractivity contribution in [3.8, 4) is 11.5 Å². The summed E-state index contributed by atoms with van der Waals surface area (Å²) in [6, 6.07) is 10.4. The maximum atomic E-state index is 12.9. The largest absolute Gasteiger partial charge is 0.490 e. The van der Waals surface area contributed by atoms with Gasteiger partial charge in [0.05, 0.1) is 23.4 Å². The van der Waals surface area contributed by atoms with Crippen LogP contribution in [-0.2, 0) is 19.1 Å². The summed E-state index contributed by atoms with van der Waals surface area (Å²) >= 11 is 6.90. The fraction of sp³-hybridized carbons (Fsp3) is 0.227. The Hall–Kier alpha value is -2.85. The SMILES string of the molecule is CCOC(=O)COc1c(OCC)cc(/C=C2/C(=O)NN(c3ccccc3)C2=O)c(Br)c1Br. The normalized spacial score (nSPS) is 14.5. The number of anilines is 1. The van der Waals surface area contributed by atoms with Gasteiger partial charge in [-0.15, -0.1) is 0 Å². The van der Waals surface area contributed by atoms with E-state index >= 15 is 0 Å². The molecule has 2 aromatic carbocycles. The average molecular weight is 568 g/mol. The first-order valence-corrected chi connectivity index (χ1v) is 11.3. The molecule has 1 aliphatic rings. The molecule has 0 bridgehead atoms. The first kappa shape index (κ1) is 23.8. The van der Waals surface area contributed by atoms with E-state index in [-0.39, 0.29) is 18.8 Å². The summed E-state index contributed by atoms with van der Waals surface area (Å²) in [5.74, 6) is -0.891. The van der Waals surface area contributed by atoms with Crippen LogP contribution in [0.2, 0.25) is 0 Å². The summed E-state index contributed by atoms with van der Waals surface area (Å²) in [6.45, 7) is 3.79. The summed E-state index contributed by atoms with van der Waals surface area (Å²) in [5, 5.41) is 1.19. The minimum Gasteiger partial charge on any atom is -0.490 e. The van der Waals surface area contributed by atoms with Gasteiger partial charge >= 0.3 is 5.97 Å². The smallest absolute Gasteiger partial charge is 0.344 e. The predicted molar refractivity (Wildman–Crippen MR) is 125 cm³/mol. The number of benzene rings is 2. The van der Waals surface area contributed by atoms with Crippen molar-refractivity contribution in [3.05, 3.63) is 56.5 Å². The van der Waals surface area contributed by atoms with E-state index in [1.165, 1.54) is 11.1 Å². The van der Waals surface area contributed by atoms with Gasteiger partial charge in [0, 0.05) is 4.47 Å². The Labute approximate surface area is 201 Å². The molecule has 10 heteroatoms. The molecule has 32 heavy (non-hydrogen) atoms. The van der Waals surface area contributed by atoms with Gasteiger partial charge < -0.3 is 14.2 Å². The van der Waals surface area contributed by atoms with Gasteiger partial charge in [0.1, 0.15) is 5.57 Å². The molecule has 2 amide bonds. The predicted octanol–water partition coefficient (Wildman–Crippen LogP) is 4.01. The van der Waals surface area contributed by atoms with Crippen molar-refractivity contribution < 1.29 is 28.6 Å². The molecule has 1 fully saturated rings. The second-order valence-corrected chi connectivity index (χ2v) is 8.01. The molecular formula is C22H20Br2N2O6. The number of nitrogens with zero attached hydrogens (tertiary/aromatic N) is 1. The lowest BCUT2D eigenvalue weighted by atomic mass is 10.1. The highest BCUT2D eigenvalue weighted by Gasteiger charge is 2.34. The van der Waals surface area contributed by atoms with Crippen LogP contribution >= 0.6 is 31.9 Å². The molecule has 3 rings (SSSR count). The number of hydrogen-bond acceptors (Lipinski definition) is 6. The molecule has 2 aromatic rings. The fourth-order valence-corrected chi connectivity index (χ4v) is 3.86. The van der Waals surface area contributed by atoms with E-state index in [0.717, 1.165) is 0 Å². The van der Waals surface area contributed by atoms with Crippen LogP contribution in [0.5, 0.6) is 11.5 Å². The topological polar surface area (TPSA) is 94.2 Å². The van der Waals surface area contributed by atoms with Crippen LogP contribution in [0.4, 0.5) is 5.69 Å². The van der Waals surface area contributed by atoms with E-state index in [0.29, 0.717) is 38.3 Å². The number of halogens is 2. The van der Waals surface area contributed by atoms with Gasteiger partial charge in [-0.2, -0.15) is 0 Å². The highest BCUT2D eigenvalue weighted by Crippen LogP contribution is 2.43. The molecule has 0 aromatic heterocycles. The Bertz CT molecular complexity index is 1070. The Morgan fingerprint density at radius 1 is 1.06 bits per heavy atom. The quantitative estimate of drug-likeness (QED) is 0.294. The average Bonchev–Trinajstić information content (AvgIpc) is 3.06. The summed E-state index contributed by atoms with van der Waals surface area (Å²) in [6.07, 6.45) is 1.47. The summed E-state index contributed by atoms with van der Waals surface area (Å²) in [4.78, 5) is 37.1. The third-order valence-corrected chi connectivity index (χ3v) is 6.44. The lowest BCUT2D eigenvalue weighted by Gasteiger charge is -2.16. The highest BCUT2D eigenvalue weighted by atomic mass is 79.9. The second kappa shape index (κ2) is 10.6. The van der Waals surface area contributed by atoms with Crippen molar-refractivity contribution in [3.63, 3.8) is 0 Å². The summed E-state index contributed by atoms with van der Waals surface area (Å²) < 4.78 is 17.1. The zero-order chi connectivity index (χ0) is 23.3. The molecular weight excluding hydrogens is 548 g/mol. The number of nitrogens with one attached hydrogen (secondary N) is 1. The van der Waals surface area contributed by atoms with Crippen LogP contribution in [0.3, 0.4) is 0 Å². The van der Waals surface area contributed by atoms with E-state index in [4.69, 9.17) is 14.2 Å². The number of carbonyl (C=O) groups excluding carboxylic acids is 3. The zero-order valence-electron chi connectivity index (χ0n) is 17.3. The monoisotopic (exact) mass is 566 g/mol. The number of amides is 2. The highest BCUT2D eigenvalue weighted by molar-refractivity contribution is 9.13. The molecule has 0 saturated carbocycles. The van der Waals surface area contributed by atoms with Crippen molar-refractivity contribution in [2.75, 3.05) is 24.8 Å². The fourth-order valence-electron chi connectivity index (χ4n) is 2.91. The molecule has 0 aliphatic carbocycles. The van der Waals surface area contributed by atoms with Gasteiger partial charge in [0.2, 0.25) is 0 Å². The molecule has 1 N–H and O–H groups in total. The maximum absolute atomic E-state index is 12.9. The van der Waals surface area contributed by atoms with Crippen LogP contribution in [-0.4, -0.2) is 37.6 Å². The Morgan fingerprint density at radius 3 is 2.44 bits per heavy atom. The summed E-state index contributed by atoms with van der Waals surface area (Å²) in [5.41, 5.74) is 3.58. The molecule has 8 nitrogen and oxygen atoms in total. The summed E-state index contributed by atoms with van der Waals surface area (Å²) in [7, 11) is 0. The Kier molecular flexibility index (Phi) is 7.92. The van der Waals surface area contributed by atoms with E-state index in [9.17, 15) is 14.4 Å². The molecule has 0 radical (unpaired) electrons. The minimum atomic E-state index is -0.525. The number of para-hydroxylation sites is 1. The molecule has 1 saturated heterocycles. The van der Waals surface area contributed by atoms with Gasteiger partial charge in [-0.1, -0.05) is 18.2 Å². The minimum absolute atomic E-state index is 0.0379. The first-order chi connectivity index (χ1) is 15.4. The molecule has 1 aliphatic heterocycles. The van der Waals surface area contributed by atoms with Crippen molar-refractivity contribution >= 4 is 61.4 Å². The second-order valence-electron chi connectivity index (χ2n) is 6.42. The third-order valence-electron chi connectivity index (χ3n) is 4.30. The maximum Gasteiger partial charge on any atom is 0.344 e. The zero-order valence-corrected chi connectivity index (χ0v) is 20.5. The van der Waals surface area contributed by atoms with Crippen molar-refractivity contribution in [2.45, 2.75) is 13.8 Å².